The average Bonchev–Trinajstić information content (AvgIpc) is 2.41. The minimum absolute atomic E-state index is 0.724. The summed E-state index contributed by atoms with van der Waals surface area (Å²) in [5.41, 5.74) is 2.57. The molecule has 0 aliphatic carbocycles. The molecule has 0 saturated carbocycles. The van der Waals surface area contributed by atoms with Crippen LogP contribution in [0.2, 0.25) is 0 Å². The van der Waals surface area contributed by atoms with Crippen LogP contribution < -0.4 is 10.1 Å². The van der Waals surface area contributed by atoms with Crippen LogP contribution in [0.5, 0.6) is 5.75 Å². The molecule has 0 saturated heterocycles. The Morgan fingerprint density at radius 1 is 1.25 bits per heavy atom. The zero-order valence-electron chi connectivity index (χ0n) is 13.3. The Bertz CT molecular complexity index is 396. The van der Waals surface area contributed by atoms with Gasteiger partial charge in [-0.1, -0.05) is 30.7 Å². The van der Waals surface area contributed by atoms with E-state index in [1.54, 1.807) is 0 Å². The molecule has 1 aromatic rings. The second-order valence-electron chi connectivity index (χ2n) is 5.39. The van der Waals surface area contributed by atoms with Gasteiger partial charge in [-0.15, -0.1) is 0 Å². The smallest absolute Gasteiger partial charge is 0.119 e. The minimum atomic E-state index is 0.724. The van der Waals surface area contributed by atoms with Gasteiger partial charge in [0.15, 0.2) is 0 Å². The van der Waals surface area contributed by atoms with Crippen molar-refractivity contribution in [3.63, 3.8) is 0 Å². The molecule has 20 heavy (non-hydrogen) atoms. The summed E-state index contributed by atoms with van der Waals surface area (Å²) in [6.45, 7) is 8.02. The highest BCUT2D eigenvalue weighted by atomic mass is 16.5. The molecule has 0 aliphatic rings. The average molecular weight is 276 g/mol. The van der Waals surface area contributed by atoms with Crippen molar-refractivity contribution >= 4 is 6.08 Å². The summed E-state index contributed by atoms with van der Waals surface area (Å²) in [6, 6.07) is 8.28. The fraction of sp³-hybridized carbons (Fsp3) is 0.529. The first kappa shape index (κ1) is 16.7. The molecule has 0 amide bonds. The fourth-order valence-corrected chi connectivity index (χ4v) is 1.80. The van der Waals surface area contributed by atoms with Crippen molar-refractivity contribution in [1.82, 2.24) is 10.2 Å². The van der Waals surface area contributed by atoms with E-state index in [4.69, 9.17) is 4.74 Å². The summed E-state index contributed by atoms with van der Waals surface area (Å²) in [5, 5.41) is 3.41. The van der Waals surface area contributed by atoms with Gasteiger partial charge in [0.1, 0.15) is 12.4 Å². The molecule has 1 N–H and O–H groups in total. The van der Waals surface area contributed by atoms with Crippen molar-refractivity contribution in [3.05, 3.63) is 35.4 Å². The lowest BCUT2D eigenvalue weighted by Crippen LogP contribution is -2.19. The molecule has 0 spiro atoms. The predicted molar refractivity (Wildman–Crippen MR) is 87.3 cm³/mol. The summed E-state index contributed by atoms with van der Waals surface area (Å²) in [5.74, 6) is 0.936. The lowest BCUT2D eigenvalue weighted by molar-refractivity contribution is 0.261. The molecule has 0 bridgehead atoms. The van der Waals surface area contributed by atoms with Gasteiger partial charge in [0, 0.05) is 13.1 Å². The third-order valence-corrected chi connectivity index (χ3v) is 2.93. The molecule has 0 aliphatic heterocycles. The molecule has 0 unspecified atom stereocenters. The van der Waals surface area contributed by atoms with E-state index in [1.807, 2.05) is 26.2 Å². The van der Waals surface area contributed by atoms with Crippen LogP contribution in [0.3, 0.4) is 0 Å². The summed E-state index contributed by atoms with van der Waals surface area (Å²) in [6.07, 6.45) is 3.39. The van der Waals surface area contributed by atoms with Gasteiger partial charge in [-0.2, -0.15) is 0 Å². The third kappa shape index (κ3) is 7.31. The van der Waals surface area contributed by atoms with Gasteiger partial charge >= 0.3 is 0 Å². The summed E-state index contributed by atoms with van der Waals surface area (Å²) >= 11 is 0. The van der Waals surface area contributed by atoms with E-state index >= 15 is 0 Å². The van der Waals surface area contributed by atoms with Crippen molar-refractivity contribution in [1.29, 1.82) is 0 Å². The largest absolute Gasteiger partial charge is 0.492 e. The summed E-state index contributed by atoms with van der Waals surface area (Å²) < 4.78 is 5.68. The quantitative estimate of drug-likeness (QED) is 0.702. The molecule has 112 valence electrons. The van der Waals surface area contributed by atoms with E-state index in [0.717, 1.165) is 32.0 Å². The van der Waals surface area contributed by atoms with Crippen molar-refractivity contribution in [2.75, 3.05) is 40.3 Å². The Labute approximate surface area is 123 Å². The first-order valence-electron chi connectivity index (χ1n) is 7.37. The van der Waals surface area contributed by atoms with Crippen LogP contribution in [-0.2, 0) is 0 Å². The highest BCUT2D eigenvalue weighted by Crippen LogP contribution is 2.14. The molecular formula is C17H28N2O. The SMILES string of the molecule is CCCNCC(C)=Cc1ccc(OCCN(C)C)cc1. The zero-order chi connectivity index (χ0) is 14.8. The van der Waals surface area contributed by atoms with Gasteiger partial charge in [-0.05, 0) is 51.7 Å². The number of benzene rings is 1. The van der Waals surface area contributed by atoms with Gasteiger partial charge in [0.25, 0.3) is 0 Å². The number of ether oxygens (including phenoxy) is 1. The standard InChI is InChI=1S/C17H28N2O/c1-5-10-18-14-15(2)13-16-6-8-17(9-7-16)20-12-11-19(3)4/h6-9,13,18H,5,10-12,14H2,1-4H3. The summed E-state index contributed by atoms with van der Waals surface area (Å²) in [4.78, 5) is 2.11. The second-order valence-corrected chi connectivity index (χ2v) is 5.39. The van der Waals surface area contributed by atoms with Crippen LogP contribution in [0, 0.1) is 0 Å². The third-order valence-electron chi connectivity index (χ3n) is 2.93. The van der Waals surface area contributed by atoms with Crippen LogP contribution >= 0.6 is 0 Å². The first-order chi connectivity index (χ1) is 9.61. The number of rotatable bonds is 9. The van der Waals surface area contributed by atoms with Crippen LogP contribution in [-0.4, -0.2) is 45.2 Å². The van der Waals surface area contributed by atoms with E-state index in [1.165, 1.54) is 17.6 Å². The van der Waals surface area contributed by atoms with Gasteiger partial charge in [0.05, 0.1) is 0 Å². The van der Waals surface area contributed by atoms with E-state index in [2.05, 4.69) is 42.3 Å². The van der Waals surface area contributed by atoms with Crippen molar-refractivity contribution in [2.24, 2.45) is 0 Å². The maximum Gasteiger partial charge on any atom is 0.119 e. The molecule has 1 aromatic carbocycles. The molecule has 0 heterocycles. The maximum absolute atomic E-state index is 5.68. The number of nitrogens with zero attached hydrogens (tertiary/aromatic N) is 1. The molecule has 0 radical (unpaired) electrons. The Hall–Kier alpha value is -1.32. The van der Waals surface area contributed by atoms with E-state index in [0.29, 0.717) is 0 Å². The monoisotopic (exact) mass is 276 g/mol. The fourth-order valence-electron chi connectivity index (χ4n) is 1.80. The molecular weight excluding hydrogens is 248 g/mol. The van der Waals surface area contributed by atoms with Crippen molar-refractivity contribution in [3.8, 4) is 5.75 Å². The zero-order valence-corrected chi connectivity index (χ0v) is 13.3. The maximum atomic E-state index is 5.68. The molecule has 1 rings (SSSR count). The van der Waals surface area contributed by atoms with Crippen LogP contribution in [0.1, 0.15) is 25.8 Å². The summed E-state index contributed by atoms with van der Waals surface area (Å²) in [7, 11) is 4.10. The Balaban J connectivity index is 2.43. The molecule has 0 aromatic heterocycles. The Morgan fingerprint density at radius 3 is 2.55 bits per heavy atom. The molecule has 3 heteroatoms. The highest BCUT2D eigenvalue weighted by Gasteiger charge is 1.96. The van der Waals surface area contributed by atoms with Gasteiger partial charge in [0.2, 0.25) is 0 Å². The van der Waals surface area contributed by atoms with Crippen molar-refractivity contribution < 1.29 is 4.74 Å². The lowest BCUT2D eigenvalue weighted by Gasteiger charge is -2.11. The van der Waals surface area contributed by atoms with E-state index < -0.39 is 0 Å². The number of nitrogens with one attached hydrogen (secondary N) is 1. The highest BCUT2D eigenvalue weighted by molar-refractivity contribution is 5.53. The van der Waals surface area contributed by atoms with E-state index in [9.17, 15) is 0 Å². The minimum Gasteiger partial charge on any atom is -0.492 e. The lowest BCUT2D eigenvalue weighted by atomic mass is 10.1. The van der Waals surface area contributed by atoms with Crippen LogP contribution in [0.4, 0.5) is 0 Å². The molecule has 3 nitrogen and oxygen atoms in total. The number of hydrogen-bond donors (Lipinski definition) is 1. The predicted octanol–water partition coefficient (Wildman–Crippen LogP) is 3.03. The Morgan fingerprint density at radius 2 is 1.95 bits per heavy atom. The van der Waals surface area contributed by atoms with Gasteiger partial charge < -0.3 is 15.0 Å². The van der Waals surface area contributed by atoms with Gasteiger partial charge in [-0.3, -0.25) is 0 Å². The van der Waals surface area contributed by atoms with Gasteiger partial charge in [-0.25, -0.2) is 0 Å². The first-order valence-corrected chi connectivity index (χ1v) is 7.37. The second kappa shape index (κ2) is 9.56. The topological polar surface area (TPSA) is 24.5 Å². The van der Waals surface area contributed by atoms with Crippen LogP contribution in [0.15, 0.2) is 29.8 Å². The number of likely N-dealkylation sites (N-methyl/N-ethyl adjacent to an activating group) is 1. The normalized spacial score (nSPS) is 11.9. The Kier molecular flexibility index (Phi) is 8.00. The molecule has 0 fully saturated rings. The van der Waals surface area contributed by atoms with Crippen LogP contribution in [0.25, 0.3) is 6.08 Å². The van der Waals surface area contributed by atoms with E-state index in [-0.39, 0.29) is 0 Å². The van der Waals surface area contributed by atoms with Crippen molar-refractivity contribution in [2.45, 2.75) is 20.3 Å². The number of hydrogen-bond acceptors (Lipinski definition) is 3. The molecule has 0 atom stereocenters.